The number of amides is 1. The van der Waals surface area contributed by atoms with Crippen LogP contribution in [0, 0.1) is 0 Å². The van der Waals surface area contributed by atoms with E-state index in [1.54, 1.807) is 48.5 Å². The smallest absolute Gasteiger partial charge is 0.306 e. The molecule has 0 saturated heterocycles. The number of fused-ring (bicyclic) bond motifs is 1. The van der Waals surface area contributed by atoms with E-state index in [1.807, 2.05) is 0 Å². The summed E-state index contributed by atoms with van der Waals surface area (Å²) in [5, 5.41) is 11.2. The van der Waals surface area contributed by atoms with Crippen molar-refractivity contribution in [2.45, 2.75) is 6.42 Å². The van der Waals surface area contributed by atoms with Gasteiger partial charge in [0.05, 0.1) is 18.7 Å². The zero-order valence-electron chi connectivity index (χ0n) is 14.3. The summed E-state index contributed by atoms with van der Waals surface area (Å²) in [5.41, 5.74) is 1.71. The van der Waals surface area contributed by atoms with Gasteiger partial charge >= 0.3 is 5.97 Å². The fourth-order valence-electron chi connectivity index (χ4n) is 2.44. The Morgan fingerprint density at radius 2 is 1.96 bits per heavy atom. The summed E-state index contributed by atoms with van der Waals surface area (Å²) in [5.74, 6) is -0.284. The zero-order chi connectivity index (χ0) is 19.2. The normalized spacial score (nSPS) is 12.8. The lowest BCUT2D eigenvalue weighted by atomic mass is 10.1. The first-order chi connectivity index (χ1) is 13.0. The quantitative estimate of drug-likeness (QED) is 0.576. The van der Waals surface area contributed by atoms with E-state index < -0.39 is 5.97 Å². The van der Waals surface area contributed by atoms with Gasteiger partial charge in [0.15, 0.2) is 12.4 Å². The Labute approximate surface area is 155 Å². The lowest BCUT2D eigenvalue weighted by molar-refractivity contribution is -0.137. The van der Waals surface area contributed by atoms with Crippen LogP contribution in [0.25, 0.3) is 6.08 Å². The van der Waals surface area contributed by atoms with Gasteiger partial charge in [0.2, 0.25) is 0 Å². The van der Waals surface area contributed by atoms with Crippen molar-refractivity contribution in [3.05, 3.63) is 59.7 Å². The first-order valence-corrected chi connectivity index (χ1v) is 8.25. The number of ether oxygens (including phenoxy) is 2. The van der Waals surface area contributed by atoms with Crippen LogP contribution in [-0.2, 0) is 9.59 Å². The van der Waals surface area contributed by atoms with Gasteiger partial charge in [-0.25, -0.2) is 0 Å². The fourth-order valence-corrected chi connectivity index (χ4v) is 2.44. The Hall–Kier alpha value is -3.61. The van der Waals surface area contributed by atoms with E-state index in [0.29, 0.717) is 22.7 Å². The number of anilines is 1. The number of allylic oxidation sites excluding steroid dienone is 1. The minimum absolute atomic E-state index is 0.0315. The maximum absolute atomic E-state index is 12.3. The number of carbonyl (C=O) groups excluding carboxylic acids is 2. The molecule has 2 N–H and O–H groups in total. The second kappa shape index (κ2) is 8.18. The number of benzene rings is 2. The number of nitrogens with one attached hydrogen (secondary N) is 1. The number of hydrogen-bond donors (Lipinski definition) is 2. The molecule has 0 aromatic heterocycles. The molecule has 0 radical (unpaired) electrons. The van der Waals surface area contributed by atoms with E-state index in [4.69, 9.17) is 14.6 Å². The van der Waals surface area contributed by atoms with Gasteiger partial charge in [-0.2, -0.15) is 0 Å². The molecule has 1 heterocycles. The standard InChI is InChI=1S/C20H17NO6/c22-17(14-4-8-18-16(11-14)21-19(23)12-27-18)7-3-13-1-5-15(6-2-13)26-10-9-20(24)25/h1-8,11H,9-10,12H2,(H,21,23)(H,24,25)/b7-3+. The number of rotatable bonds is 7. The van der Waals surface area contributed by atoms with E-state index in [9.17, 15) is 14.4 Å². The summed E-state index contributed by atoms with van der Waals surface area (Å²) in [7, 11) is 0. The van der Waals surface area contributed by atoms with Crippen LogP contribution in [0.15, 0.2) is 48.5 Å². The lowest BCUT2D eigenvalue weighted by Gasteiger charge is -2.17. The van der Waals surface area contributed by atoms with Crippen molar-refractivity contribution < 1.29 is 29.0 Å². The molecule has 2 aromatic rings. The Bertz CT molecular complexity index is 901. The van der Waals surface area contributed by atoms with Crippen molar-refractivity contribution in [3.63, 3.8) is 0 Å². The van der Waals surface area contributed by atoms with Crippen molar-refractivity contribution in [1.29, 1.82) is 0 Å². The van der Waals surface area contributed by atoms with Crippen LogP contribution in [0.1, 0.15) is 22.3 Å². The van der Waals surface area contributed by atoms with Gasteiger partial charge < -0.3 is 19.9 Å². The molecule has 138 valence electrons. The van der Waals surface area contributed by atoms with Gasteiger partial charge in [-0.05, 0) is 42.0 Å². The molecule has 2 aromatic carbocycles. The van der Waals surface area contributed by atoms with Crippen LogP contribution in [0.3, 0.4) is 0 Å². The van der Waals surface area contributed by atoms with Gasteiger partial charge in [-0.3, -0.25) is 14.4 Å². The summed E-state index contributed by atoms with van der Waals surface area (Å²) < 4.78 is 10.6. The highest BCUT2D eigenvalue weighted by atomic mass is 16.5. The molecule has 7 nitrogen and oxygen atoms in total. The first kappa shape index (κ1) is 18.2. The molecule has 0 fully saturated rings. The number of carboxylic acids is 1. The summed E-state index contributed by atoms with van der Waals surface area (Å²) in [4.78, 5) is 34.2. The molecule has 1 aliphatic heterocycles. The third kappa shape index (κ3) is 4.94. The van der Waals surface area contributed by atoms with Crippen LogP contribution in [0.5, 0.6) is 11.5 Å². The van der Waals surface area contributed by atoms with Gasteiger partial charge in [0, 0.05) is 5.56 Å². The van der Waals surface area contributed by atoms with Crippen molar-refractivity contribution in [1.82, 2.24) is 0 Å². The Balaban J connectivity index is 1.62. The van der Waals surface area contributed by atoms with Crippen molar-refractivity contribution >= 4 is 29.4 Å². The average molecular weight is 367 g/mol. The van der Waals surface area contributed by atoms with Gasteiger partial charge in [0.25, 0.3) is 5.91 Å². The highest BCUT2D eigenvalue weighted by Gasteiger charge is 2.17. The van der Waals surface area contributed by atoms with Crippen molar-refractivity contribution in [2.75, 3.05) is 18.5 Å². The number of ketones is 1. The largest absolute Gasteiger partial charge is 0.493 e. The van der Waals surface area contributed by atoms with Crippen LogP contribution in [-0.4, -0.2) is 36.0 Å². The molecular weight excluding hydrogens is 350 g/mol. The van der Waals surface area contributed by atoms with E-state index in [1.165, 1.54) is 6.08 Å². The molecular formula is C20H17NO6. The van der Waals surface area contributed by atoms with Crippen LogP contribution < -0.4 is 14.8 Å². The SMILES string of the molecule is O=C(O)CCOc1ccc(/C=C/C(=O)c2ccc3c(c2)NC(=O)CO3)cc1. The maximum Gasteiger partial charge on any atom is 0.306 e. The van der Waals surface area contributed by atoms with E-state index in [-0.39, 0.29) is 31.3 Å². The molecule has 0 unspecified atom stereocenters. The minimum Gasteiger partial charge on any atom is -0.493 e. The van der Waals surface area contributed by atoms with Gasteiger partial charge in [-0.1, -0.05) is 18.2 Å². The number of carboxylic acid groups (broad SMARTS) is 1. The molecule has 0 saturated carbocycles. The predicted octanol–water partition coefficient (Wildman–Crippen LogP) is 2.77. The topological polar surface area (TPSA) is 102 Å². The summed E-state index contributed by atoms with van der Waals surface area (Å²) in [6.07, 6.45) is 3.04. The molecule has 0 bridgehead atoms. The van der Waals surface area contributed by atoms with E-state index >= 15 is 0 Å². The predicted molar refractivity (Wildman–Crippen MR) is 98.1 cm³/mol. The van der Waals surface area contributed by atoms with Crippen molar-refractivity contribution in [3.8, 4) is 11.5 Å². The number of hydrogen-bond acceptors (Lipinski definition) is 5. The fraction of sp³-hybridized carbons (Fsp3) is 0.150. The third-order valence-corrected chi connectivity index (χ3v) is 3.79. The van der Waals surface area contributed by atoms with Gasteiger partial charge in [-0.15, -0.1) is 0 Å². The van der Waals surface area contributed by atoms with Crippen LogP contribution in [0.4, 0.5) is 5.69 Å². The molecule has 3 rings (SSSR count). The molecule has 27 heavy (non-hydrogen) atoms. The minimum atomic E-state index is -0.915. The highest BCUT2D eigenvalue weighted by molar-refractivity contribution is 6.08. The number of aliphatic carboxylic acids is 1. The average Bonchev–Trinajstić information content (AvgIpc) is 2.66. The van der Waals surface area contributed by atoms with E-state index in [0.717, 1.165) is 5.56 Å². The molecule has 0 aliphatic carbocycles. The second-order valence-corrected chi connectivity index (χ2v) is 5.81. The second-order valence-electron chi connectivity index (χ2n) is 5.81. The van der Waals surface area contributed by atoms with Crippen LogP contribution >= 0.6 is 0 Å². The summed E-state index contributed by atoms with van der Waals surface area (Å²) >= 11 is 0. The molecule has 7 heteroatoms. The Kier molecular flexibility index (Phi) is 5.51. The van der Waals surface area contributed by atoms with E-state index in [2.05, 4.69) is 5.32 Å². The summed E-state index contributed by atoms with van der Waals surface area (Å²) in [6.45, 7) is 0.0673. The summed E-state index contributed by atoms with van der Waals surface area (Å²) in [6, 6.07) is 11.8. The maximum atomic E-state index is 12.3. The van der Waals surface area contributed by atoms with Gasteiger partial charge in [0.1, 0.15) is 11.5 Å². The zero-order valence-corrected chi connectivity index (χ0v) is 14.3. The molecule has 1 amide bonds. The lowest BCUT2D eigenvalue weighted by Crippen LogP contribution is -2.25. The molecule has 1 aliphatic rings. The number of carbonyl (C=O) groups is 3. The van der Waals surface area contributed by atoms with Crippen molar-refractivity contribution in [2.24, 2.45) is 0 Å². The Morgan fingerprint density at radius 1 is 1.19 bits per heavy atom. The molecule has 0 spiro atoms. The molecule has 0 atom stereocenters. The highest BCUT2D eigenvalue weighted by Crippen LogP contribution is 2.28. The Morgan fingerprint density at radius 3 is 2.70 bits per heavy atom. The monoisotopic (exact) mass is 367 g/mol. The third-order valence-electron chi connectivity index (χ3n) is 3.79. The van der Waals surface area contributed by atoms with Crippen LogP contribution in [0.2, 0.25) is 0 Å². The first-order valence-electron chi connectivity index (χ1n) is 8.25.